The van der Waals surface area contributed by atoms with Gasteiger partial charge in [0.15, 0.2) is 0 Å². The molecule has 2 atom stereocenters. The Morgan fingerprint density at radius 2 is 1.52 bits per heavy atom. The summed E-state index contributed by atoms with van der Waals surface area (Å²) in [4.78, 5) is 25.3. The van der Waals surface area contributed by atoms with Crippen LogP contribution in [0.25, 0.3) is 49.4 Å². The Morgan fingerprint density at radius 1 is 0.864 bits per heavy atom. The number of H-pyrrole nitrogens is 1. The number of fused-ring (bicyclic) bond motifs is 4. The highest BCUT2D eigenvalue weighted by Crippen LogP contribution is 2.41. The molecule has 0 radical (unpaired) electrons. The van der Waals surface area contributed by atoms with Gasteiger partial charge in [0, 0.05) is 59.1 Å². The second-order valence-electron chi connectivity index (χ2n) is 11.8. The lowest BCUT2D eigenvalue weighted by Crippen LogP contribution is -2.47. The molecule has 2 aliphatic rings. The number of nitrogens with zero attached hydrogens (tertiary/aromatic N) is 3. The molecule has 6 aromatic rings. The van der Waals surface area contributed by atoms with Crippen LogP contribution in [0.3, 0.4) is 0 Å². The highest BCUT2D eigenvalue weighted by molar-refractivity contribution is 6.09. The van der Waals surface area contributed by atoms with E-state index in [0.29, 0.717) is 6.04 Å². The van der Waals surface area contributed by atoms with Crippen molar-refractivity contribution in [3.63, 3.8) is 0 Å². The van der Waals surface area contributed by atoms with Crippen LogP contribution in [0, 0.1) is 5.92 Å². The van der Waals surface area contributed by atoms with Gasteiger partial charge in [0.2, 0.25) is 5.91 Å². The fourth-order valence-corrected chi connectivity index (χ4v) is 7.13. The van der Waals surface area contributed by atoms with Crippen LogP contribution >= 0.6 is 0 Å². The van der Waals surface area contributed by atoms with Gasteiger partial charge >= 0.3 is 0 Å². The van der Waals surface area contributed by atoms with E-state index in [4.69, 9.17) is 4.98 Å². The maximum Gasteiger partial charge on any atom is 0.230 e. The number of hydrogen-bond donors (Lipinski definition) is 1. The van der Waals surface area contributed by atoms with Crippen molar-refractivity contribution >= 4 is 44.2 Å². The van der Waals surface area contributed by atoms with E-state index in [0.717, 1.165) is 37.1 Å². The summed E-state index contributed by atoms with van der Waals surface area (Å²) in [7, 11) is 2.15. The zero-order valence-corrected chi connectivity index (χ0v) is 25.6. The molecule has 5 heteroatoms. The average molecular weight is 579 g/mol. The Balaban J connectivity index is 0.000000144. The standard InChI is InChI=1S/C20H25N3O.C19H13N/c1-4-23(5-2)20(24)14-9-16-15-7-6-8-17-19(15)13(11-21-17)10-18(16)22(3)12-14;1-2-8-14(9-3-1)19-15-10-4-6-12-17(15)20-18-13-7-5-11-16(18)19/h6-9,11,14,18,21H,4-5,10,12H2,1-3H3;1-13H/t14-,18-;/m1./s1. The minimum Gasteiger partial charge on any atom is -0.361 e. The summed E-state index contributed by atoms with van der Waals surface area (Å²) in [5.74, 6) is 0.210. The van der Waals surface area contributed by atoms with E-state index in [1.54, 1.807) is 0 Å². The number of nitrogens with one attached hydrogen (secondary N) is 1. The first-order valence-electron chi connectivity index (χ1n) is 15.7. The van der Waals surface area contributed by atoms with E-state index in [1.165, 1.54) is 49.5 Å². The van der Waals surface area contributed by atoms with E-state index in [9.17, 15) is 4.79 Å². The van der Waals surface area contributed by atoms with Crippen molar-refractivity contribution in [1.82, 2.24) is 19.8 Å². The Labute approximate surface area is 258 Å². The highest BCUT2D eigenvalue weighted by atomic mass is 16.2. The minimum atomic E-state index is -0.0445. The third kappa shape index (κ3) is 4.87. The number of amides is 1. The smallest absolute Gasteiger partial charge is 0.230 e. The van der Waals surface area contributed by atoms with Crippen molar-refractivity contribution in [2.45, 2.75) is 26.3 Å². The molecule has 5 nitrogen and oxygen atoms in total. The van der Waals surface area contributed by atoms with Crippen molar-refractivity contribution in [1.29, 1.82) is 0 Å². The quantitative estimate of drug-likeness (QED) is 0.216. The summed E-state index contributed by atoms with van der Waals surface area (Å²) in [6.07, 6.45) is 5.41. The molecule has 4 aromatic carbocycles. The van der Waals surface area contributed by atoms with Crippen LogP contribution in [-0.4, -0.2) is 58.4 Å². The van der Waals surface area contributed by atoms with Crippen LogP contribution in [0.15, 0.2) is 109 Å². The maximum absolute atomic E-state index is 12.9. The van der Waals surface area contributed by atoms with Gasteiger partial charge in [-0.3, -0.25) is 9.69 Å². The molecular weight excluding hydrogens is 540 g/mol. The lowest BCUT2D eigenvalue weighted by atomic mass is 9.79. The third-order valence-electron chi connectivity index (χ3n) is 9.31. The van der Waals surface area contributed by atoms with Crippen molar-refractivity contribution in [2.24, 2.45) is 5.92 Å². The Bertz CT molecular complexity index is 1950. The van der Waals surface area contributed by atoms with Gasteiger partial charge in [-0.2, -0.15) is 0 Å². The number of likely N-dealkylation sites (N-methyl/N-ethyl adjacent to an activating group) is 1. The van der Waals surface area contributed by atoms with Crippen molar-refractivity contribution in [3.8, 4) is 11.1 Å². The molecule has 0 saturated heterocycles. The number of aromatic nitrogens is 2. The van der Waals surface area contributed by atoms with Gasteiger partial charge in [0.1, 0.15) is 0 Å². The normalized spacial score (nSPS) is 17.6. The lowest BCUT2D eigenvalue weighted by Gasteiger charge is -2.40. The van der Waals surface area contributed by atoms with Gasteiger partial charge in [-0.25, -0.2) is 4.98 Å². The molecule has 2 aromatic heterocycles. The highest BCUT2D eigenvalue weighted by Gasteiger charge is 2.36. The first kappa shape index (κ1) is 28.1. The number of carbonyl (C=O) groups excluding carboxylic acids is 1. The molecular formula is C39H38N4O. The monoisotopic (exact) mass is 578 g/mol. The van der Waals surface area contributed by atoms with Crippen LogP contribution in [0.1, 0.15) is 25.0 Å². The van der Waals surface area contributed by atoms with Crippen molar-refractivity contribution < 1.29 is 4.79 Å². The summed E-state index contributed by atoms with van der Waals surface area (Å²) in [5.41, 5.74) is 9.81. The fourth-order valence-electron chi connectivity index (χ4n) is 7.13. The van der Waals surface area contributed by atoms with E-state index in [1.807, 2.05) is 17.0 Å². The van der Waals surface area contributed by atoms with Gasteiger partial charge in [-0.15, -0.1) is 0 Å². The summed E-state index contributed by atoms with van der Waals surface area (Å²) in [5, 5.41) is 3.75. The molecule has 1 amide bonds. The van der Waals surface area contributed by atoms with Gasteiger partial charge in [-0.1, -0.05) is 84.9 Å². The van der Waals surface area contributed by atoms with Crippen LogP contribution < -0.4 is 0 Å². The van der Waals surface area contributed by atoms with Gasteiger partial charge in [0.25, 0.3) is 0 Å². The molecule has 1 aliphatic carbocycles. The maximum atomic E-state index is 12.9. The molecule has 1 aliphatic heterocycles. The Hall–Kier alpha value is -4.74. The molecule has 8 rings (SSSR count). The summed E-state index contributed by atoms with van der Waals surface area (Å²) in [6.45, 7) is 6.47. The predicted molar refractivity (Wildman–Crippen MR) is 183 cm³/mol. The van der Waals surface area contributed by atoms with Crippen molar-refractivity contribution in [3.05, 3.63) is 120 Å². The summed E-state index contributed by atoms with van der Waals surface area (Å²) in [6, 6.07) is 34.0. The van der Waals surface area contributed by atoms with Crippen LogP contribution in [0.2, 0.25) is 0 Å². The second kappa shape index (κ2) is 11.7. The van der Waals surface area contributed by atoms with E-state index in [2.05, 4.69) is 128 Å². The SMILES string of the molecule is CCN(CC)C(=O)[C@@H]1C=C2c3cccc4[nH]cc(c34)C[C@H]2N(C)C1.c1ccc(-c2c3ccccc3nc3ccccc23)cc1. The number of carbonyl (C=O) groups is 1. The van der Waals surface area contributed by atoms with Crippen LogP contribution in [0.4, 0.5) is 0 Å². The van der Waals surface area contributed by atoms with E-state index >= 15 is 0 Å². The number of pyridine rings is 1. The van der Waals surface area contributed by atoms with E-state index in [-0.39, 0.29) is 11.8 Å². The Kier molecular flexibility index (Phi) is 7.49. The first-order chi connectivity index (χ1) is 21.6. The predicted octanol–water partition coefficient (Wildman–Crippen LogP) is 7.96. The number of benzene rings is 4. The van der Waals surface area contributed by atoms with Crippen LogP contribution in [-0.2, 0) is 11.2 Å². The molecule has 3 heterocycles. The first-order valence-corrected chi connectivity index (χ1v) is 15.7. The molecule has 0 unspecified atom stereocenters. The number of aromatic amines is 1. The molecule has 0 fully saturated rings. The second-order valence-corrected chi connectivity index (χ2v) is 11.8. The minimum absolute atomic E-state index is 0.0445. The molecule has 44 heavy (non-hydrogen) atoms. The third-order valence-corrected chi connectivity index (χ3v) is 9.31. The Morgan fingerprint density at radius 3 is 2.20 bits per heavy atom. The zero-order valence-electron chi connectivity index (χ0n) is 25.6. The molecule has 0 saturated carbocycles. The van der Waals surface area contributed by atoms with E-state index < -0.39 is 0 Å². The number of para-hydroxylation sites is 2. The molecule has 220 valence electrons. The molecule has 1 N–H and O–H groups in total. The number of hydrogen-bond acceptors (Lipinski definition) is 3. The van der Waals surface area contributed by atoms with Gasteiger partial charge in [0.05, 0.1) is 17.0 Å². The summed E-state index contributed by atoms with van der Waals surface area (Å²) >= 11 is 0. The molecule has 0 spiro atoms. The average Bonchev–Trinajstić information content (AvgIpc) is 3.49. The fraction of sp³-hybridized carbons (Fsp3) is 0.231. The summed E-state index contributed by atoms with van der Waals surface area (Å²) < 4.78 is 0. The van der Waals surface area contributed by atoms with Gasteiger partial charge < -0.3 is 9.88 Å². The topological polar surface area (TPSA) is 52.2 Å². The zero-order chi connectivity index (χ0) is 30.2. The number of rotatable bonds is 4. The largest absolute Gasteiger partial charge is 0.361 e. The molecule has 0 bridgehead atoms. The lowest BCUT2D eigenvalue weighted by molar-refractivity contribution is -0.134. The van der Waals surface area contributed by atoms with Crippen LogP contribution in [0.5, 0.6) is 0 Å². The van der Waals surface area contributed by atoms with Crippen molar-refractivity contribution in [2.75, 3.05) is 26.7 Å². The van der Waals surface area contributed by atoms with Gasteiger partial charge in [-0.05, 0) is 67.8 Å².